The van der Waals surface area contributed by atoms with Gasteiger partial charge in [0.05, 0.1) is 6.04 Å². The number of halogens is 1. The third-order valence-electron chi connectivity index (χ3n) is 4.08. The normalized spacial score (nSPS) is 11.2. The van der Waals surface area contributed by atoms with E-state index in [9.17, 15) is 4.79 Å². The van der Waals surface area contributed by atoms with Gasteiger partial charge in [-0.15, -0.1) is 12.4 Å². The zero-order valence-electron chi connectivity index (χ0n) is 14.2. The van der Waals surface area contributed by atoms with Gasteiger partial charge in [-0.05, 0) is 24.6 Å². The minimum atomic E-state index is -0.0541. The second-order valence-electron chi connectivity index (χ2n) is 5.97. The highest BCUT2D eigenvalue weighted by molar-refractivity contribution is 5.96. The number of carbonyl (C=O) groups excluding carboxylic acids is 1. The summed E-state index contributed by atoms with van der Waals surface area (Å²) in [7, 11) is 0. The zero-order chi connectivity index (χ0) is 16.8. The molecule has 0 radical (unpaired) electrons. The summed E-state index contributed by atoms with van der Waals surface area (Å²) in [6.45, 7) is 2.07. The molecular formula is C22H22ClNO. The van der Waals surface area contributed by atoms with Crippen LogP contribution in [0.15, 0.2) is 84.9 Å². The first kappa shape index (κ1) is 18.8. The molecule has 3 aromatic rings. The van der Waals surface area contributed by atoms with Crippen LogP contribution in [0.3, 0.4) is 0 Å². The molecule has 25 heavy (non-hydrogen) atoms. The molecule has 0 spiro atoms. The third-order valence-corrected chi connectivity index (χ3v) is 4.08. The number of aryl methyl sites for hydroxylation is 1. The minimum absolute atomic E-state index is 0. The molecule has 1 N–H and O–H groups in total. The summed E-state index contributed by atoms with van der Waals surface area (Å²) in [5.41, 5.74) is 4.11. The van der Waals surface area contributed by atoms with Crippen LogP contribution < -0.4 is 5.32 Å². The Kier molecular flexibility index (Phi) is 6.79. The molecule has 1 atom stereocenters. The van der Waals surface area contributed by atoms with Crippen molar-refractivity contribution in [1.29, 1.82) is 0 Å². The quantitative estimate of drug-likeness (QED) is 0.565. The van der Waals surface area contributed by atoms with Gasteiger partial charge in [0.1, 0.15) is 0 Å². The van der Waals surface area contributed by atoms with E-state index in [1.54, 1.807) is 0 Å². The summed E-state index contributed by atoms with van der Waals surface area (Å²) in [6, 6.07) is 27.8. The molecule has 0 amide bonds. The van der Waals surface area contributed by atoms with Gasteiger partial charge in [0.25, 0.3) is 0 Å². The van der Waals surface area contributed by atoms with Crippen molar-refractivity contribution in [3.05, 3.63) is 102 Å². The molecule has 0 heterocycles. The van der Waals surface area contributed by atoms with Crippen molar-refractivity contribution in [2.24, 2.45) is 0 Å². The SMILES string of the molecule is Cc1ccc(NC(CC(=O)c2ccccc2)c2ccccc2)cc1.Cl. The Morgan fingerprint density at radius 2 is 1.40 bits per heavy atom. The van der Waals surface area contributed by atoms with Gasteiger partial charge in [0.2, 0.25) is 0 Å². The number of hydrogen-bond acceptors (Lipinski definition) is 2. The lowest BCUT2D eigenvalue weighted by Crippen LogP contribution is -2.15. The van der Waals surface area contributed by atoms with E-state index in [0.29, 0.717) is 6.42 Å². The predicted molar refractivity (Wildman–Crippen MR) is 107 cm³/mol. The average molecular weight is 352 g/mol. The Morgan fingerprint density at radius 1 is 0.840 bits per heavy atom. The van der Waals surface area contributed by atoms with E-state index in [1.807, 2.05) is 48.5 Å². The van der Waals surface area contributed by atoms with Gasteiger partial charge >= 0.3 is 0 Å². The number of nitrogens with one attached hydrogen (secondary N) is 1. The van der Waals surface area contributed by atoms with Crippen molar-refractivity contribution >= 4 is 23.9 Å². The van der Waals surface area contributed by atoms with Crippen LogP contribution in [-0.2, 0) is 0 Å². The number of ketones is 1. The number of rotatable bonds is 6. The molecule has 128 valence electrons. The molecule has 0 fully saturated rings. The molecule has 0 aliphatic heterocycles. The fourth-order valence-corrected chi connectivity index (χ4v) is 2.72. The predicted octanol–water partition coefficient (Wildman–Crippen LogP) is 5.84. The maximum Gasteiger partial charge on any atom is 0.165 e. The molecule has 3 heteroatoms. The second-order valence-corrected chi connectivity index (χ2v) is 5.97. The van der Waals surface area contributed by atoms with Gasteiger partial charge in [-0.1, -0.05) is 78.4 Å². The van der Waals surface area contributed by atoms with Crippen molar-refractivity contribution in [2.45, 2.75) is 19.4 Å². The molecule has 0 saturated carbocycles. The van der Waals surface area contributed by atoms with Crippen LogP contribution in [-0.4, -0.2) is 5.78 Å². The standard InChI is InChI=1S/C22H21NO.ClH/c1-17-12-14-20(15-13-17)23-21(18-8-4-2-5-9-18)16-22(24)19-10-6-3-7-11-19;/h2-15,21,23H,16H2,1H3;1H. The lowest BCUT2D eigenvalue weighted by molar-refractivity contribution is 0.0976. The topological polar surface area (TPSA) is 29.1 Å². The monoisotopic (exact) mass is 351 g/mol. The first-order chi connectivity index (χ1) is 11.7. The smallest absolute Gasteiger partial charge is 0.165 e. The van der Waals surface area contributed by atoms with Gasteiger partial charge < -0.3 is 5.32 Å². The summed E-state index contributed by atoms with van der Waals surface area (Å²) in [6.07, 6.45) is 0.419. The summed E-state index contributed by atoms with van der Waals surface area (Å²) < 4.78 is 0. The largest absolute Gasteiger partial charge is 0.378 e. The second kappa shape index (κ2) is 9.05. The van der Waals surface area contributed by atoms with Crippen LogP contribution in [0.4, 0.5) is 5.69 Å². The summed E-state index contributed by atoms with van der Waals surface area (Å²) in [5, 5.41) is 3.50. The molecule has 2 nitrogen and oxygen atoms in total. The maximum atomic E-state index is 12.6. The van der Waals surface area contributed by atoms with Crippen molar-refractivity contribution in [2.75, 3.05) is 5.32 Å². The highest BCUT2D eigenvalue weighted by atomic mass is 35.5. The van der Waals surface area contributed by atoms with Crippen LogP contribution in [0.2, 0.25) is 0 Å². The van der Waals surface area contributed by atoms with Crippen LogP contribution in [0.25, 0.3) is 0 Å². The van der Waals surface area contributed by atoms with E-state index in [1.165, 1.54) is 5.56 Å². The Balaban J connectivity index is 0.00000225. The molecular weight excluding hydrogens is 330 g/mol. The first-order valence-electron chi connectivity index (χ1n) is 8.19. The van der Waals surface area contributed by atoms with E-state index < -0.39 is 0 Å². The van der Waals surface area contributed by atoms with Crippen LogP contribution in [0.5, 0.6) is 0 Å². The number of Topliss-reactive ketones (excluding diaryl/α,β-unsaturated/α-hetero) is 1. The van der Waals surface area contributed by atoms with E-state index in [0.717, 1.165) is 16.8 Å². The Morgan fingerprint density at radius 3 is 2.00 bits per heavy atom. The van der Waals surface area contributed by atoms with Gasteiger partial charge in [-0.25, -0.2) is 0 Å². The molecule has 3 aromatic carbocycles. The van der Waals surface area contributed by atoms with E-state index >= 15 is 0 Å². The van der Waals surface area contributed by atoms with Gasteiger partial charge in [-0.2, -0.15) is 0 Å². The van der Waals surface area contributed by atoms with Crippen molar-refractivity contribution < 1.29 is 4.79 Å². The summed E-state index contributed by atoms with van der Waals surface area (Å²) >= 11 is 0. The van der Waals surface area contributed by atoms with Crippen LogP contribution in [0.1, 0.15) is 33.9 Å². The zero-order valence-corrected chi connectivity index (χ0v) is 15.0. The minimum Gasteiger partial charge on any atom is -0.378 e. The highest BCUT2D eigenvalue weighted by Crippen LogP contribution is 2.24. The summed E-state index contributed by atoms with van der Waals surface area (Å²) in [5.74, 6) is 0.143. The highest BCUT2D eigenvalue weighted by Gasteiger charge is 2.17. The molecule has 3 rings (SSSR count). The molecule has 0 saturated heterocycles. The third kappa shape index (κ3) is 5.20. The number of anilines is 1. The van der Waals surface area contributed by atoms with Crippen LogP contribution in [0, 0.1) is 6.92 Å². The molecule has 1 unspecified atom stereocenters. The molecule has 0 bridgehead atoms. The van der Waals surface area contributed by atoms with Gasteiger partial charge in [0.15, 0.2) is 5.78 Å². The fraction of sp³-hybridized carbons (Fsp3) is 0.136. The van der Waals surface area contributed by atoms with E-state index in [4.69, 9.17) is 0 Å². The van der Waals surface area contributed by atoms with Gasteiger partial charge in [-0.3, -0.25) is 4.79 Å². The lowest BCUT2D eigenvalue weighted by atomic mass is 9.97. The van der Waals surface area contributed by atoms with Crippen LogP contribution >= 0.6 is 12.4 Å². The molecule has 0 aromatic heterocycles. The fourth-order valence-electron chi connectivity index (χ4n) is 2.72. The number of hydrogen-bond donors (Lipinski definition) is 1. The van der Waals surface area contributed by atoms with Crippen molar-refractivity contribution in [1.82, 2.24) is 0 Å². The summed E-state index contributed by atoms with van der Waals surface area (Å²) in [4.78, 5) is 12.6. The first-order valence-corrected chi connectivity index (χ1v) is 8.19. The van der Waals surface area contributed by atoms with Gasteiger partial charge in [0, 0.05) is 17.7 Å². The maximum absolute atomic E-state index is 12.6. The van der Waals surface area contributed by atoms with Crippen molar-refractivity contribution in [3.63, 3.8) is 0 Å². The average Bonchev–Trinajstić information content (AvgIpc) is 2.64. The Bertz CT molecular complexity index is 785. The van der Waals surface area contributed by atoms with E-state index in [2.05, 4.69) is 48.6 Å². The number of benzene rings is 3. The Hall–Kier alpha value is -2.58. The lowest BCUT2D eigenvalue weighted by Gasteiger charge is -2.20. The number of carbonyl (C=O) groups is 1. The van der Waals surface area contributed by atoms with Crippen molar-refractivity contribution in [3.8, 4) is 0 Å². The molecule has 0 aliphatic rings. The Labute approximate surface area is 155 Å². The molecule has 0 aliphatic carbocycles. The van der Waals surface area contributed by atoms with E-state index in [-0.39, 0.29) is 24.2 Å².